The molecule has 4 amide bonds. The summed E-state index contributed by atoms with van der Waals surface area (Å²) in [6.07, 6.45) is 2.45. The van der Waals surface area contributed by atoms with Gasteiger partial charge >= 0.3 is 0 Å². The van der Waals surface area contributed by atoms with Gasteiger partial charge in [-0.25, -0.2) is 0 Å². The summed E-state index contributed by atoms with van der Waals surface area (Å²) in [6, 6.07) is 28.0. The molecule has 2 heterocycles. The zero-order chi connectivity index (χ0) is 37.0. The van der Waals surface area contributed by atoms with E-state index in [-0.39, 0.29) is 36.5 Å². The SMILES string of the molecule is COc1ccc([C@@]23C(=O)N(Nc4ccc(Cl)cc4Cl)C(=O)[C@@H]2C[C@@H]2C(=CC[C@@H]4C(=O)N(c5ccccc5)C(=O)[C@@H]42)[C@@H]3c2ccc(OCCO)cc2)cc1. The van der Waals surface area contributed by atoms with Gasteiger partial charge < -0.3 is 14.6 Å². The van der Waals surface area contributed by atoms with E-state index in [9.17, 15) is 19.5 Å². The number of para-hydroxylation sites is 1. The summed E-state index contributed by atoms with van der Waals surface area (Å²) in [4.78, 5) is 60.0. The van der Waals surface area contributed by atoms with Gasteiger partial charge in [-0.2, -0.15) is 5.01 Å². The maximum atomic E-state index is 15.4. The molecule has 10 nitrogen and oxygen atoms in total. The zero-order valence-electron chi connectivity index (χ0n) is 28.6. The first-order chi connectivity index (χ1) is 25.7. The molecular formula is C41H35Cl2N3O7. The van der Waals surface area contributed by atoms with Crippen LogP contribution in [0.2, 0.25) is 10.0 Å². The van der Waals surface area contributed by atoms with E-state index in [1.807, 2.05) is 36.4 Å². The van der Waals surface area contributed by atoms with E-state index < -0.39 is 46.8 Å². The number of carbonyl (C=O) groups excluding carboxylic acids is 4. The first-order valence-corrected chi connectivity index (χ1v) is 18.2. The molecule has 0 spiro atoms. The predicted molar refractivity (Wildman–Crippen MR) is 199 cm³/mol. The molecule has 0 unspecified atom stereocenters. The molecule has 3 fully saturated rings. The molecule has 0 bridgehead atoms. The Morgan fingerprint density at radius 3 is 2.25 bits per heavy atom. The summed E-state index contributed by atoms with van der Waals surface area (Å²) >= 11 is 12.7. The van der Waals surface area contributed by atoms with Crippen LogP contribution in [0.25, 0.3) is 0 Å². The van der Waals surface area contributed by atoms with Crippen LogP contribution >= 0.6 is 23.2 Å². The van der Waals surface area contributed by atoms with E-state index in [1.165, 1.54) is 11.0 Å². The molecule has 0 aromatic heterocycles. The Bertz CT molecular complexity index is 2140. The molecule has 53 heavy (non-hydrogen) atoms. The highest BCUT2D eigenvalue weighted by Gasteiger charge is 2.70. The molecule has 4 aromatic rings. The summed E-state index contributed by atoms with van der Waals surface area (Å²) in [7, 11) is 1.55. The molecule has 4 aromatic carbocycles. The first-order valence-electron chi connectivity index (χ1n) is 17.4. The van der Waals surface area contributed by atoms with Crippen molar-refractivity contribution in [3.63, 3.8) is 0 Å². The maximum absolute atomic E-state index is 15.4. The molecule has 2 N–H and O–H groups in total. The second-order valence-corrected chi connectivity index (χ2v) is 14.5. The van der Waals surface area contributed by atoms with E-state index in [0.717, 1.165) is 16.1 Å². The number of rotatable bonds is 9. The third kappa shape index (κ3) is 5.50. The summed E-state index contributed by atoms with van der Waals surface area (Å²) in [6.45, 7) is -0.0561. The van der Waals surface area contributed by atoms with Gasteiger partial charge in [0, 0.05) is 10.9 Å². The van der Waals surface area contributed by atoms with Crippen molar-refractivity contribution in [2.45, 2.75) is 24.2 Å². The Morgan fingerprint density at radius 1 is 0.849 bits per heavy atom. The van der Waals surface area contributed by atoms with Crippen molar-refractivity contribution >= 4 is 58.2 Å². The van der Waals surface area contributed by atoms with E-state index in [0.29, 0.717) is 39.9 Å². The predicted octanol–water partition coefficient (Wildman–Crippen LogP) is 6.56. The number of imide groups is 2. The van der Waals surface area contributed by atoms with Gasteiger partial charge in [-0.3, -0.25) is 29.5 Å². The number of aliphatic hydroxyl groups is 1. The molecule has 6 atom stereocenters. The van der Waals surface area contributed by atoms with Gasteiger partial charge in [0.1, 0.15) is 18.1 Å². The second-order valence-electron chi connectivity index (χ2n) is 13.7. The number of nitrogens with zero attached hydrogens (tertiary/aromatic N) is 2. The maximum Gasteiger partial charge on any atom is 0.260 e. The first kappa shape index (κ1) is 34.9. The molecule has 2 aliphatic heterocycles. The van der Waals surface area contributed by atoms with Crippen molar-refractivity contribution in [1.29, 1.82) is 0 Å². The van der Waals surface area contributed by atoms with Gasteiger partial charge in [0.05, 0.1) is 53.3 Å². The van der Waals surface area contributed by atoms with Crippen molar-refractivity contribution in [3.05, 3.63) is 130 Å². The van der Waals surface area contributed by atoms with Gasteiger partial charge in [-0.15, -0.1) is 0 Å². The highest BCUT2D eigenvalue weighted by molar-refractivity contribution is 6.36. The summed E-state index contributed by atoms with van der Waals surface area (Å²) < 4.78 is 11.2. The van der Waals surface area contributed by atoms with Gasteiger partial charge in [0.2, 0.25) is 11.8 Å². The average molecular weight is 753 g/mol. The number of halogens is 2. The lowest BCUT2D eigenvalue weighted by Gasteiger charge is -2.50. The average Bonchev–Trinajstić information content (AvgIpc) is 3.56. The molecule has 2 saturated heterocycles. The molecule has 1 saturated carbocycles. The van der Waals surface area contributed by atoms with Crippen LogP contribution in [0.4, 0.5) is 11.4 Å². The van der Waals surface area contributed by atoms with Gasteiger partial charge in [-0.1, -0.05) is 77.3 Å². The Balaban J connectivity index is 1.32. The van der Waals surface area contributed by atoms with Crippen LogP contribution in [0, 0.1) is 23.7 Å². The molecule has 8 rings (SSSR count). The lowest BCUT2D eigenvalue weighted by molar-refractivity contribution is -0.138. The van der Waals surface area contributed by atoms with Gasteiger partial charge in [0.25, 0.3) is 11.8 Å². The highest BCUT2D eigenvalue weighted by Crippen LogP contribution is 2.64. The van der Waals surface area contributed by atoms with Gasteiger partial charge in [-0.05, 0) is 84.5 Å². The lowest BCUT2D eigenvalue weighted by Crippen LogP contribution is -2.53. The Kier molecular flexibility index (Phi) is 9.00. The van der Waals surface area contributed by atoms with E-state index >= 15 is 4.79 Å². The van der Waals surface area contributed by atoms with Crippen LogP contribution in [-0.4, -0.2) is 54.1 Å². The lowest BCUT2D eigenvalue weighted by atomic mass is 9.49. The van der Waals surface area contributed by atoms with Crippen LogP contribution < -0.4 is 19.8 Å². The number of carbonyl (C=O) groups is 4. The number of methoxy groups -OCH3 is 1. The van der Waals surface area contributed by atoms with Crippen LogP contribution in [0.15, 0.2) is 109 Å². The minimum Gasteiger partial charge on any atom is -0.497 e. The number of ether oxygens (including phenoxy) is 2. The molecule has 2 aliphatic carbocycles. The van der Waals surface area contributed by atoms with Crippen molar-refractivity contribution in [3.8, 4) is 11.5 Å². The highest BCUT2D eigenvalue weighted by atomic mass is 35.5. The summed E-state index contributed by atoms with van der Waals surface area (Å²) in [5.41, 5.74) is 4.49. The standard InChI is InChI=1S/C41H35Cl2N3O7/c1-52-27-14-9-24(10-15-27)41-32(38(49)46(40(41)51)44-34-18-11-25(42)21-33(34)43)22-31-29(36(41)23-7-12-28(13-8-23)53-20-19-47)16-17-30-35(31)39(50)45(37(30)48)26-5-3-2-4-6-26/h2-16,18,21,30-32,35-36,44,47H,17,19-20,22H2,1H3/t30-,31+,32-,35-,36-,41+/m0/s1. The number of hydrazine groups is 1. The number of allylic oxidation sites excluding steroid dienone is 2. The molecule has 0 radical (unpaired) electrons. The Hall–Kier alpha value is -5.16. The van der Waals surface area contributed by atoms with Crippen molar-refractivity contribution in [1.82, 2.24) is 5.01 Å². The number of benzene rings is 4. The van der Waals surface area contributed by atoms with Crippen LogP contribution in [0.1, 0.15) is 29.9 Å². The van der Waals surface area contributed by atoms with Crippen molar-refractivity contribution in [2.75, 3.05) is 30.6 Å². The number of anilines is 2. The number of aliphatic hydroxyl groups excluding tert-OH is 1. The van der Waals surface area contributed by atoms with Crippen molar-refractivity contribution in [2.24, 2.45) is 23.7 Å². The molecular weight excluding hydrogens is 717 g/mol. The van der Waals surface area contributed by atoms with Crippen LogP contribution in [-0.2, 0) is 24.6 Å². The minimum absolute atomic E-state index is 0.103. The number of fused-ring (bicyclic) bond motifs is 4. The second kappa shape index (κ2) is 13.7. The van der Waals surface area contributed by atoms with Crippen LogP contribution in [0.3, 0.4) is 0 Å². The Morgan fingerprint density at radius 2 is 1.57 bits per heavy atom. The molecule has 12 heteroatoms. The molecule has 270 valence electrons. The van der Waals surface area contributed by atoms with E-state index in [1.54, 1.807) is 67.8 Å². The van der Waals surface area contributed by atoms with Crippen molar-refractivity contribution < 1.29 is 33.8 Å². The summed E-state index contributed by atoms with van der Waals surface area (Å²) in [5.74, 6) is -4.03. The normalized spacial score (nSPS) is 26.2. The summed E-state index contributed by atoms with van der Waals surface area (Å²) in [5, 5.41) is 11.0. The fraction of sp³-hybridized carbons (Fsp3) is 0.268. The number of amides is 4. The monoisotopic (exact) mass is 751 g/mol. The number of nitrogens with one attached hydrogen (secondary N) is 1. The topological polar surface area (TPSA) is 125 Å². The fourth-order valence-corrected chi connectivity index (χ4v) is 9.42. The van der Waals surface area contributed by atoms with Gasteiger partial charge in [0.15, 0.2) is 0 Å². The minimum atomic E-state index is -1.48. The van der Waals surface area contributed by atoms with E-state index in [2.05, 4.69) is 5.43 Å². The zero-order valence-corrected chi connectivity index (χ0v) is 30.1. The third-order valence-corrected chi connectivity index (χ3v) is 11.7. The quantitative estimate of drug-likeness (QED) is 0.146. The fourth-order valence-electron chi connectivity index (χ4n) is 8.97. The number of hydrogen-bond acceptors (Lipinski definition) is 8. The van der Waals surface area contributed by atoms with E-state index in [4.69, 9.17) is 32.7 Å². The smallest absolute Gasteiger partial charge is 0.260 e. The molecule has 4 aliphatic rings. The third-order valence-electron chi connectivity index (χ3n) is 11.2. The number of hydrogen-bond donors (Lipinski definition) is 2. The largest absolute Gasteiger partial charge is 0.497 e. The Labute approximate surface area is 315 Å². The van der Waals surface area contributed by atoms with Crippen LogP contribution in [0.5, 0.6) is 11.5 Å².